The quantitative estimate of drug-likeness (QED) is 0.350. The fourth-order valence-electron chi connectivity index (χ4n) is 4.84. The molecule has 0 radical (unpaired) electrons. The Kier molecular flexibility index (Phi) is 6.93. The van der Waals surface area contributed by atoms with E-state index in [-0.39, 0.29) is 23.2 Å². The molecule has 0 bridgehead atoms. The number of hydrogen-bond acceptors (Lipinski definition) is 6. The Bertz CT molecular complexity index is 1100. The van der Waals surface area contributed by atoms with Crippen molar-refractivity contribution in [3.05, 3.63) is 64.7 Å². The molecule has 34 heavy (non-hydrogen) atoms. The minimum absolute atomic E-state index is 0.0563. The number of ether oxygens (including phenoxy) is 1. The molecule has 2 aliphatic heterocycles. The Morgan fingerprint density at radius 1 is 1.12 bits per heavy atom. The average molecular weight is 465 g/mol. The third-order valence-electron chi connectivity index (χ3n) is 6.69. The number of aromatic hydroxyl groups is 1. The maximum atomic E-state index is 13.2. The van der Waals surface area contributed by atoms with E-state index >= 15 is 0 Å². The molecule has 0 aliphatic carbocycles. The normalized spacial score (nSPS) is 21.2. The summed E-state index contributed by atoms with van der Waals surface area (Å²) in [5, 5.41) is 21.0. The van der Waals surface area contributed by atoms with Gasteiger partial charge in [0.25, 0.3) is 11.7 Å². The smallest absolute Gasteiger partial charge is 0.295 e. The molecule has 2 N–H and O–H groups in total. The second-order valence-electron chi connectivity index (χ2n) is 8.92. The van der Waals surface area contributed by atoms with Gasteiger partial charge in [-0.2, -0.15) is 0 Å². The molecule has 1 fully saturated rings. The number of rotatable bonds is 8. The van der Waals surface area contributed by atoms with Gasteiger partial charge in [-0.1, -0.05) is 26.0 Å². The van der Waals surface area contributed by atoms with Crippen molar-refractivity contribution in [1.82, 2.24) is 9.80 Å². The van der Waals surface area contributed by atoms with Crippen molar-refractivity contribution >= 4 is 17.4 Å². The van der Waals surface area contributed by atoms with Crippen molar-refractivity contribution in [2.45, 2.75) is 45.8 Å². The molecule has 0 unspecified atom stereocenters. The largest absolute Gasteiger partial charge is 0.508 e. The summed E-state index contributed by atoms with van der Waals surface area (Å²) in [5.41, 5.74) is 2.19. The number of hydrogen-bond donors (Lipinski definition) is 2. The zero-order chi connectivity index (χ0) is 24.4. The molecular weight excluding hydrogens is 432 g/mol. The van der Waals surface area contributed by atoms with Gasteiger partial charge in [0.15, 0.2) is 0 Å². The number of likely N-dealkylation sites (tertiary alicyclic amines) is 1. The summed E-state index contributed by atoms with van der Waals surface area (Å²) in [5.74, 6) is -0.628. The van der Waals surface area contributed by atoms with Crippen LogP contribution in [0.1, 0.15) is 49.9 Å². The van der Waals surface area contributed by atoms with E-state index in [1.165, 1.54) is 12.1 Å². The van der Waals surface area contributed by atoms with E-state index in [9.17, 15) is 19.8 Å². The number of nitrogens with zero attached hydrogens (tertiary/aromatic N) is 2. The highest BCUT2D eigenvalue weighted by atomic mass is 16.5. The Hall–Kier alpha value is -3.32. The molecule has 1 amide bonds. The number of carbonyl (C=O) groups is 2. The first kappa shape index (κ1) is 23.8. The Labute approximate surface area is 200 Å². The van der Waals surface area contributed by atoms with Gasteiger partial charge in [-0.05, 0) is 74.4 Å². The molecule has 2 atom stereocenters. The van der Waals surface area contributed by atoms with Gasteiger partial charge in [-0.15, -0.1) is 0 Å². The summed E-state index contributed by atoms with van der Waals surface area (Å²) < 4.78 is 5.75. The molecule has 1 saturated heterocycles. The first-order valence-electron chi connectivity index (χ1n) is 11.9. The van der Waals surface area contributed by atoms with Gasteiger partial charge in [-0.25, -0.2) is 0 Å². The molecule has 0 saturated carbocycles. The van der Waals surface area contributed by atoms with Gasteiger partial charge < -0.3 is 24.7 Å². The lowest BCUT2D eigenvalue weighted by Crippen LogP contribution is -2.33. The lowest BCUT2D eigenvalue weighted by molar-refractivity contribution is -0.140. The van der Waals surface area contributed by atoms with Gasteiger partial charge in [0.2, 0.25) is 0 Å². The van der Waals surface area contributed by atoms with Crippen LogP contribution in [0.25, 0.3) is 5.76 Å². The van der Waals surface area contributed by atoms with E-state index in [1.54, 1.807) is 29.2 Å². The zero-order valence-electron chi connectivity index (χ0n) is 20.0. The van der Waals surface area contributed by atoms with Crippen molar-refractivity contribution in [2.24, 2.45) is 0 Å². The van der Waals surface area contributed by atoms with Crippen molar-refractivity contribution in [3.8, 4) is 11.5 Å². The number of ketones is 1. The van der Waals surface area contributed by atoms with Gasteiger partial charge in [0.1, 0.15) is 23.4 Å². The second-order valence-corrected chi connectivity index (χ2v) is 8.92. The van der Waals surface area contributed by atoms with Gasteiger partial charge in [0.05, 0.1) is 11.6 Å². The Morgan fingerprint density at radius 3 is 2.50 bits per heavy atom. The highest BCUT2D eigenvalue weighted by Gasteiger charge is 2.45. The second kappa shape index (κ2) is 9.89. The number of benzene rings is 2. The van der Waals surface area contributed by atoms with Crippen LogP contribution in [0.5, 0.6) is 11.5 Å². The lowest BCUT2D eigenvalue weighted by Gasteiger charge is -2.26. The summed E-state index contributed by atoms with van der Waals surface area (Å²) in [4.78, 5) is 30.1. The molecule has 7 nitrogen and oxygen atoms in total. The molecule has 0 spiro atoms. The Balaban J connectivity index is 1.72. The number of amides is 1. The van der Waals surface area contributed by atoms with E-state index in [1.807, 2.05) is 13.0 Å². The maximum absolute atomic E-state index is 13.2. The fraction of sp³-hybridized carbons (Fsp3) is 0.407. The van der Waals surface area contributed by atoms with Crippen LogP contribution in [0.2, 0.25) is 0 Å². The molecular formula is C27H32N2O5. The van der Waals surface area contributed by atoms with Crippen molar-refractivity contribution in [2.75, 3.05) is 26.2 Å². The lowest BCUT2D eigenvalue weighted by atomic mass is 9.94. The Morgan fingerprint density at radius 2 is 1.82 bits per heavy atom. The van der Waals surface area contributed by atoms with Crippen LogP contribution in [0, 0.1) is 0 Å². The predicted octanol–water partition coefficient (Wildman–Crippen LogP) is 3.87. The number of Topliss-reactive ketones (excluding diaryl/α,β-unsaturated/α-hetero) is 1. The first-order valence-corrected chi connectivity index (χ1v) is 11.9. The topological polar surface area (TPSA) is 90.3 Å². The minimum atomic E-state index is -0.722. The van der Waals surface area contributed by atoms with E-state index in [0.717, 1.165) is 37.4 Å². The SMILES string of the molecule is CCN(CC)CCCN1C(=O)C(=O)C(=C(O)c2ccc3c(c2)C[C@@H](C)O3)[C@@H]1c1ccc(O)cc1. The number of phenolic OH excluding ortho intramolecular Hbond substituents is 1. The van der Waals surface area contributed by atoms with Crippen LogP contribution in [0.4, 0.5) is 0 Å². The highest BCUT2D eigenvalue weighted by molar-refractivity contribution is 6.46. The van der Waals surface area contributed by atoms with Crippen molar-refractivity contribution in [1.29, 1.82) is 0 Å². The van der Waals surface area contributed by atoms with Gasteiger partial charge in [0, 0.05) is 18.5 Å². The van der Waals surface area contributed by atoms with Crippen LogP contribution >= 0.6 is 0 Å². The van der Waals surface area contributed by atoms with Gasteiger partial charge >= 0.3 is 0 Å². The number of aliphatic hydroxyl groups is 1. The predicted molar refractivity (Wildman–Crippen MR) is 130 cm³/mol. The van der Waals surface area contributed by atoms with Crippen molar-refractivity contribution < 1.29 is 24.5 Å². The number of fused-ring (bicyclic) bond motifs is 1. The molecule has 7 heteroatoms. The van der Waals surface area contributed by atoms with E-state index < -0.39 is 17.7 Å². The monoisotopic (exact) mass is 464 g/mol. The summed E-state index contributed by atoms with van der Waals surface area (Å²) in [7, 11) is 0. The highest BCUT2D eigenvalue weighted by Crippen LogP contribution is 2.41. The van der Waals surface area contributed by atoms with Crippen molar-refractivity contribution in [3.63, 3.8) is 0 Å². The summed E-state index contributed by atoms with van der Waals surface area (Å²) in [6.45, 7) is 9.19. The first-order chi connectivity index (χ1) is 16.3. The zero-order valence-corrected chi connectivity index (χ0v) is 20.0. The maximum Gasteiger partial charge on any atom is 0.295 e. The molecule has 2 aromatic rings. The third-order valence-corrected chi connectivity index (χ3v) is 6.69. The molecule has 2 heterocycles. The van der Waals surface area contributed by atoms with Crippen LogP contribution < -0.4 is 4.74 Å². The number of phenols is 1. The molecule has 180 valence electrons. The molecule has 4 rings (SSSR count). The summed E-state index contributed by atoms with van der Waals surface area (Å²) in [6, 6.07) is 11.1. The molecule has 2 aliphatic rings. The number of carbonyl (C=O) groups excluding carboxylic acids is 2. The average Bonchev–Trinajstić information content (AvgIpc) is 3.32. The fourth-order valence-corrected chi connectivity index (χ4v) is 4.84. The van der Waals surface area contributed by atoms with E-state index in [0.29, 0.717) is 24.1 Å². The van der Waals surface area contributed by atoms with Crippen LogP contribution in [0.15, 0.2) is 48.0 Å². The van der Waals surface area contributed by atoms with Crippen LogP contribution in [0.3, 0.4) is 0 Å². The van der Waals surface area contributed by atoms with E-state index in [2.05, 4.69) is 18.7 Å². The molecule has 0 aromatic heterocycles. The molecule has 2 aromatic carbocycles. The van der Waals surface area contributed by atoms with Gasteiger partial charge in [-0.3, -0.25) is 9.59 Å². The van der Waals surface area contributed by atoms with Crippen LogP contribution in [-0.4, -0.2) is 64.0 Å². The summed E-state index contributed by atoms with van der Waals surface area (Å²) in [6.07, 6.45) is 1.48. The standard InChI is InChI=1S/C27H32N2O5/c1-4-28(5-2)13-6-14-29-24(18-7-10-21(30)11-8-18)23(26(32)27(29)33)25(31)19-9-12-22-20(16-19)15-17(3)34-22/h7-12,16-17,24,30-31H,4-6,13-15H2,1-3H3/t17-,24+/m1/s1. The number of aliphatic hydroxyl groups excluding tert-OH is 1. The van der Waals surface area contributed by atoms with E-state index in [4.69, 9.17) is 4.74 Å². The third kappa shape index (κ3) is 4.53. The minimum Gasteiger partial charge on any atom is -0.508 e. The van der Waals surface area contributed by atoms with Crippen LogP contribution in [-0.2, 0) is 16.0 Å². The summed E-state index contributed by atoms with van der Waals surface area (Å²) >= 11 is 0.